The van der Waals surface area contributed by atoms with Crippen LogP contribution in [0.4, 0.5) is 0 Å². The summed E-state index contributed by atoms with van der Waals surface area (Å²) in [6, 6.07) is 1.83. The van der Waals surface area contributed by atoms with Gasteiger partial charge < -0.3 is 21.1 Å². The molecule has 1 unspecified atom stereocenters. The molecule has 0 aromatic heterocycles. The standard InChI is InChI=1S/C11H15NO4/c12-8(11(15)16)3-1-2-7-4-5-9(13)10(14)6-7/h4-6,8,13-14H,1-3,12H2,(H,15,16)/i3D,8D/t3-,8?/m0/s1. The minimum absolute atomic E-state index is 0.0660. The molecule has 1 aromatic rings. The third-order valence-corrected chi connectivity index (χ3v) is 2.08. The van der Waals surface area contributed by atoms with E-state index in [0.717, 1.165) is 0 Å². The molecule has 0 bridgehead atoms. The van der Waals surface area contributed by atoms with Crippen molar-refractivity contribution in [2.75, 3.05) is 0 Å². The fourth-order valence-electron chi connectivity index (χ4n) is 1.21. The average Bonchev–Trinajstić information content (AvgIpc) is 2.30. The number of carboxylic acids is 1. The Hall–Kier alpha value is -1.75. The molecule has 1 aromatic carbocycles. The van der Waals surface area contributed by atoms with Gasteiger partial charge in [-0.3, -0.25) is 4.79 Å². The van der Waals surface area contributed by atoms with Crippen molar-refractivity contribution in [1.82, 2.24) is 0 Å². The molecule has 0 spiro atoms. The highest BCUT2D eigenvalue weighted by atomic mass is 16.4. The number of aliphatic carboxylic acids is 1. The van der Waals surface area contributed by atoms with Gasteiger partial charge >= 0.3 is 5.97 Å². The van der Waals surface area contributed by atoms with Gasteiger partial charge in [0.25, 0.3) is 0 Å². The highest BCUT2D eigenvalue weighted by molar-refractivity contribution is 5.72. The van der Waals surface area contributed by atoms with E-state index in [1.165, 1.54) is 12.1 Å². The molecule has 0 aliphatic rings. The van der Waals surface area contributed by atoms with Gasteiger partial charge in [0.05, 0.1) is 1.37 Å². The number of carbonyl (C=O) groups is 1. The monoisotopic (exact) mass is 227 g/mol. The molecule has 0 saturated heterocycles. The molecule has 2 atom stereocenters. The van der Waals surface area contributed by atoms with E-state index >= 15 is 0 Å². The van der Waals surface area contributed by atoms with Crippen molar-refractivity contribution in [3.05, 3.63) is 23.8 Å². The van der Waals surface area contributed by atoms with Gasteiger partial charge in [0, 0.05) is 1.37 Å². The number of aromatic hydroxyl groups is 2. The van der Waals surface area contributed by atoms with Crippen LogP contribution in [0.1, 0.15) is 21.1 Å². The molecule has 0 saturated carbocycles. The smallest absolute Gasteiger partial charge is 0.320 e. The molecular weight excluding hydrogens is 210 g/mol. The Morgan fingerprint density at radius 2 is 2.19 bits per heavy atom. The fourth-order valence-corrected chi connectivity index (χ4v) is 1.21. The SMILES string of the molecule is [2H][C@@H](CCc1ccc(O)c(O)c1)C([2H])(N)C(=O)O. The molecule has 5 N–H and O–H groups in total. The normalized spacial score (nSPS) is 18.1. The molecule has 1 rings (SSSR count). The van der Waals surface area contributed by atoms with Crippen LogP contribution in [0.3, 0.4) is 0 Å². The second-order valence-electron chi connectivity index (χ2n) is 3.33. The second kappa shape index (κ2) is 5.37. The zero-order chi connectivity index (χ0) is 13.9. The van der Waals surface area contributed by atoms with Crippen LogP contribution < -0.4 is 5.73 Å². The first kappa shape index (κ1) is 9.47. The van der Waals surface area contributed by atoms with E-state index in [1.807, 2.05) is 0 Å². The number of phenols is 2. The number of aryl methyl sites for hydroxylation is 1. The topological polar surface area (TPSA) is 104 Å². The lowest BCUT2D eigenvalue weighted by atomic mass is 10.0. The van der Waals surface area contributed by atoms with Gasteiger partial charge in [-0.2, -0.15) is 0 Å². The predicted molar refractivity (Wildman–Crippen MR) is 58.3 cm³/mol. The summed E-state index contributed by atoms with van der Waals surface area (Å²) in [4.78, 5) is 10.7. The van der Waals surface area contributed by atoms with Crippen molar-refractivity contribution in [3.63, 3.8) is 0 Å². The molecule has 88 valence electrons. The zero-order valence-electron chi connectivity index (χ0n) is 10.6. The van der Waals surface area contributed by atoms with Gasteiger partial charge in [-0.05, 0) is 36.9 Å². The van der Waals surface area contributed by atoms with Gasteiger partial charge in [-0.1, -0.05) is 6.07 Å². The number of rotatable bonds is 5. The Morgan fingerprint density at radius 1 is 1.50 bits per heavy atom. The second-order valence-corrected chi connectivity index (χ2v) is 3.33. The number of nitrogens with two attached hydrogens (primary N) is 1. The van der Waals surface area contributed by atoms with Crippen LogP contribution in [0.2, 0.25) is 0 Å². The Labute approximate surface area is 96.0 Å². The maximum atomic E-state index is 10.7. The van der Waals surface area contributed by atoms with Crippen molar-refractivity contribution < 1.29 is 22.9 Å². The van der Waals surface area contributed by atoms with Crippen LogP contribution in [0.25, 0.3) is 0 Å². The van der Waals surface area contributed by atoms with E-state index in [0.29, 0.717) is 5.56 Å². The van der Waals surface area contributed by atoms with Gasteiger partial charge in [0.15, 0.2) is 11.5 Å². The lowest BCUT2D eigenvalue weighted by molar-refractivity contribution is -0.138. The Balaban J connectivity index is 2.65. The molecule has 0 radical (unpaired) electrons. The van der Waals surface area contributed by atoms with E-state index in [9.17, 15) is 9.90 Å². The highest BCUT2D eigenvalue weighted by Crippen LogP contribution is 2.25. The maximum absolute atomic E-state index is 10.7. The average molecular weight is 227 g/mol. The van der Waals surface area contributed by atoms with Crippen molar-refractivity contribution in [3.8, 4) is 11.5 Å². The first-order valence-corrected chi connectivity index (χ1v) is 4.70. The third-order valence-electron chi connectivity index (χ3n) is 2.08. The summed E-state index contributed by atoms with van der Waals surface area (Å²) >= 11 is 0. The molecule has 5 heteroatoms. The lowest BCUT2D eigenvalue weighted by Crippen LogP contribution is -2.29. The molecule has 0 aliphatic heterocycles. The number of hydrogen-bond acceptors (Lipinski definition) is 4. The van der Waals surface area contributed by atoms with Crippen LogP contribution >= 0.6 is 0 Å². The summed E-state index contributed by atoms with van der Waals surface area (Å²) in [5.74, 6) is -2.08. The fraction of sp³-hybridized carbons (Fsp3) is 0.364. The van der Waals surface area contributed by atoms with Gasteiger partial charge in [-0.25, -0.2) is 0 Å². The molecular formula is C11H15NO4. The van der Waals surface area contributed by atoms with Crippen LogP contribution in [0, 0.1) is 0 Å². The molecule has 0 heterocycles. The van der Waals surface area contributed by atoms with Crippen LogP contribution in [0.15, 0.2) is 18.2 Å². The number of carboxylic acid groups (broad SMARTS) is 1. The quantitative estimate of drug-likeness (QED) is 0.558. The van der Waals surface area contributed by atoms with E-state index in [-0.39, 0.29) is 24.3 Å². The van der Waals surface area contributed by atoms with Crippen molar-refractivity contribution in [1.29, 1.82) is 0 Å². The van der Waals surface area contributed by atoms with Gasteiger partial charge in [0.1, 0.15) is 6.02 Å². The Kier molecular flexibility index (Phi) is 3.18. The van der Waals surface area contributed by atoms with Crippen LogP contribution in [-0.2, 0) is 11.2 Å². The zero-order valence-corrected chi connectivity index (χ0v) is 8.55. The highest BCUT2D eigenvalue weighted by Gasteiger charge is 2.10. The van der Waals surface area contributed by atoms with E-state index in [4.69, 9.17) is 18.7 Å². The number of hydrogen-bond donors (Lipinski definition) is 4. The van der Waals surface area contributed by atoms with Gasteiger partial charge in [-0.15, -0.1) is 0 Å². The molecule has 16 heavy (non-hydrogen) atoms. The molecule has 0 amide bonds. The van der Waals surface area contributed by atoms with Crippen LogP contribution in [0.5, 0.6) is 11.5 Å². The summed E-state index contributed by atoms with van der Waals surface area (Å²) < 4.78 is 14.9. The van der Waals surface area contributed by atoms with Gasteiger partial charge in [0.2, 0.25) is 0 Å². The van der Waals surface area contributed by atoms with Crippen LogP contribution in [-0.4, -0.2) is 27.3 Å². The lowest BCUT2D eigenvalue weighted by Gasteiger charge is -2.06. The van der Waals surface area contributed by atoms with E-state index in [2.05, 4.69) is 0 Å². The number of phenolic OH excluding ortho intramolecular Hbond substituents is 2. The van der Waals surface area contributed by atoms with E-state index in [1.54, 1.807) is 6.07 Å². The largest absolute Gasteiger partial charge is 0.504 e. The summed E-state index contributed by atoms with van der Waals surface area (Å²) in [6.07, 6.45) is -0.935. The van der Waals surface area contributed by atoms with Crippen molar-refractivity contribution in [2.45, 2.75) is 25.3 Å². The maximum Gasteiger partial charge on any atom is 0.320 e. The number of benzene rings is 1. The summed E-state index contributed by atoms with van der Waals surface area (Å²) in [6.45, 7) is 0. The first-order chi connectivity index (χ1) is 8.25. The summed E-state index contributed by atoms with van der Waals surface area (Å²) in [7, 11) is 0. The van der Waals surface area contributed by atoms with Crippen molar-refractivity contribution >= 4 is 5.97 Å². The summed E-state index contributed by atoms with van der Waals surface area (Å²) in [5.41, 5.74) is 5.84. The minimum atomic E-state index is -2.35. The van der Waals surface area contributed by atoms with E-state index < -0.39 is 18.4 Å². The Morgan fingerprint density at radius 3 is 2.75 bits per heavy atom. The first-order valence-electron chi connectivity index (χ1n) is 5.78. The molecule has 5 nitrogen and oxygen atoms in total. The molecule has 0 aliphatic carbocycles. The van der Waals surface area contributed by atoms with Crippen molar-refractivity contribution in [2.24, 2.45) is 5.73 Å². The third kappa shape index (κ3) is 3.43. The molecule has 0 fully saturated rings. The predicted octanol–water partition coefficient (Wildman–Crippen LogP) is 0.832. The Bertz CT molecular complexity index is 451. The summed E-state index contributed by atoms with van der Waals surface area (Å²) in [5, 5.41) is 27.1. The minimum Gasteiger partial charge on any atom is -0.504 e.